The summed E-state index contributed by atoms with van der Waals surface area (Å²) in [6, 6.07) is 0.189. The largest absolute Gasteiger partial charge is 0.392 e. The molecule has 4 nitrogen and oxygen atoms in total. The van der Waals surface area contributed by atoms with Crippen molar-refractivity contribution >= 4 is 6.41 Å². The molecular formula is C16H33NO3. The van der Waals surface area contributed by atoms with Gasteiger partial charge in [-0.3, -0.25) is 4.79 Å². The zero-order valence-electron chi connectivity index (χ0n) is 14.2. The monoisotopic (exact) mass is 287 g/mol. The third-order valence-electron chi connectivity index (χ3n) is 3.00. The van der Waals surface area contributed by atoms with E-state index in [4.69, 9.17) is 9.84 Å². The van der Waals surface area contributed by atoms with Gasteiger partial charge in [0.25, 0.3) is 0 Å². The fourth-order valence-electron chi connectivity index (χ4n) is 1.62. The molecule has 1 rings (SSSR count). The zero-order chi connectivity index (χ0) is 16.2. The summed E-state index contributed by atoms with van der Waals surface area (Å²) in [6.45, 7) is 13.1. The molecule has 0 saturated carbocycles. The van der Waals surface area contributed by atoms with Gasteiger partial charge in [0.1, 0.15) is 0 Å². The summed E-state index contributed by atoms with van der Waals surface area (Å²) in [6.07, 6.45) is 5.55. The maximum atomic E-state index is 10.6. The third-order valence-corrected chi connectivity index (χ3v) is 3.00. The number of rotatable bonds is 3. The van der Waals surface area contributed by atoms with Crippen LogP contribution in [0.1, 0.15) is 48.0 Å². The minimum absolute atomic E-state index is 0.0417. The Morgan fingerprint density at radius 1 is 1.35 bits per heavy atom. The van der Waals surface area contributed by atoms with E-state index < -0.39 is 0 Å². The fourth-order valence-corrected chi connectivity index (χ4v) is 1.62. The van der Waals surface area contributed by atoms with E-state index in [0.29, 0.717) is 5.92 Å². The molecule has 1 fully saturated rings. The molecule has 20 heavy (non-hydrogen) atoms. The van der Waals surface area contributed by atoms with E-state index in [0.717, 1.165) is 19.4 Å². The van der Waals surface area contributed by atoms with Crippen LogP contribution in [0.25, 0.3) is 0 Å². The molecule has 0 spiro atoms. The lowest BCUT2D eigenvalue weighted by Gasteiger charge is -2.18. The summed E-state index contributed by atoms with van der Waals surface area (Å²) in [5.74, 6) is 0.512. The molecule has 2 atom stereocenters. The van der Waals surface area contributed by atoms with Crippen molar-refractivity contribution in [2.45, 2.75) is 59.6 Å². The number of nitrogens with zero attached hydrogens (tertiary/aromatic N) is 1. The van der Waals surface area contributed by atoms with Crippen molar-refractivity contribution in [3.63, 3.8) is 0 Å². The maximum Gasteiger partial charge on any atom is 0.210 e. The SMILES string of the molecule is CC.COC(C)(C)C.C[C@H]1CCN(C=O)C1/C=C/CO. The number of aliphatic hydroxyl groups excluding tert-OH is 1. The van der Waals surface area contributed by atoms with Crippen LogP contribution in [0.15, 0.2) is 12.2 Å². The van der Waals surface area contributed by atoms with Crippen molar-refractivity contribution in [2.24, 2.45) is 5.92 Å². The van der Waals surface area contributed by atoms with Crippen molar-refractivity contribution in [2.75, 3.05) is 20.3 Å². The number of hydrogen-bond acceptors (Lipinski definition) is 3. The van der Waals surface area contributed by atoms with Crippen LogP contribution in [-0.2, 0) is 9.53 Å². The van der Waals surface area contributed by atoms with Crippen molar-refractivity contribution in [1.82, 2.24) is 4.90 Å². The van der Waals surface area contributed by atoms with Crippen molar-refractivity contribution in [1.29, 1.82) is 0 Å². The summed E-state index contributed by atoms with van der Waals surface area (Å²) >= 11 is 0. The van der Waals surface area contributed by atoms with E-state index in [1.807, 2.05) is 40.7 Å². The van der Waals surface area contributed by atoms with Crippen LogP contribution in [0.4, 0.5) is 0 Å². The lowest BCUT2D eigenvalue weighted by molar-refractivity contribution is -0.118. The molecule has 1 N–H and O–H groups in total. The Kier molecular flexibility index (Phi) is 12.8. The predicted molar refractivity (Wildman–Crippen MR) is 84.7 cm³/mol. The lowest BCUT2D eigenvalue weighted by atomic mass is 10.0. The molecule has 1 amide bonds. The van der Waals surface area contributed by atoms with Crippen LogP contribution in [-0.4, -0.2) is 48.3 Å². The Morgan fingerprint density at radius 3 is 2.20 bits per heavy atom. The standard InChI is InChI=1S/C9H15NO2.C5H12O.C2H6/c1-8-4-5-10(7-12)9(8)3-2-6-11;1-5(2,3)6-4;1-2/h2-3,7-9,11H,4-6H2,1H3;1-4H3;1-2H3/b3-2+;;/t8-,9?;;/m0../s1. The molecule has 0 aliphatic carbocycles. The molecule has 0 aromatic carbocycles. The van der Waals surface area contributed by atoms with E-state index in [9.17, 15) is 4.79 Å². The van der Waals surface area contributed by atoms with Crippen LogP contribution >= 0.6 is 0 Å². The summed E-state index contributed by atoms with van der Waals surface area (Å²) in [5, 5.41) is 8.58. The zero-order valence-corrected chi connectivity index (χ0v) is 14.2. The number of carbonyl (C=O) groups is 1. The highest BCUT2D eigenvalue weighted by atomic mass is 16.5. The molecule has 0 aromatic rings. The van der Waals surface area contributed by atoms with E-state index in [1.54, 1.807) is 18.1 Å². The molecule has 0 bridgehead atoms. The van der Waals surface area contributed by atoms with Gasteiger partial charge >= 0.3 is 0 Å². The average molecular weight is 287 g/mol. The summed E-state index contributed by atoms with van der Waals surface area (Å²) < 4.78 is 4.94. The minimum atomic E-state index is 0.0417. The van der Waals surface area contributed by atoms with Gasteiger partial charge in [-0.15, -0.1) is 0 Å². The van der Waals surface area contributed by atoms with Crippen LogP contribution in [0.2, 0.25) is 0 Å². The smallest absolute Gasteiger partial charge is 0.210 e. The number of hydrogen-bond donors (Lipinski definition) is 1. The molecule has 1 aliphatic heterocycles. The first-order valence-corrected chi connectivity index (χ1v) is 7.39. The second-order valence-electron chi connectivity index (χ2n) is 5.53. The van der Waals surface area contributed by atoms with Gasteiger partial charge in [-0.05, 0) is 33.1 Å². The predicted octanol–water partition coefficient (Wildman–Crippen LogP) is 2.86. The van der Waals surface area contributed by atoms with Gasteiger partial charge < -0.3 is 14.7 Å². The number of aliphatic hydroxyl groups is 1. The maximum absolute atomic E-state index is 10.6. The highest BCUT2D eigenvalue weighted by molar-refractivity contribution is 5.49. The first kappa shape index (κ1) is 21.4. The molecule has 4 heteroatoms. The highest BCUT2D eigenvalue weighted by Crippen LogP contribution is 2.22. The number of amides is 1. The van der Waals surface area contributed by atoms with Crippen molar-refractivity contribution in [3.05, 3.63) is 12.2 Å². The van der Waals surface area contributed by atoms with Crippen LogP contribution in [0.3, 0.4) is 0 Å². The van der Waals surface area contributed by atoms with Gasteiger partial charge in [0, 0.05) is 13.7 Å². The quantitative estimate of drug-likeness (QED) is 0.641. The highest BCUT2D eigenvalue weighted by Gasteiger charge is 2.27. The molecule has 1 unspecified atom stereocenters. The Morgan fingerprint density at radius 2 is 1.85 bits per heavy atom. The first-order valence-electron chi connectivity index (χ1n) is 7.39. The van der Waals surface area contributed by atoms with E-state index in [2.05, 4.69) is 6.92 Å². The van der Waals surface area contributed by atoms with Gasteiger partial charge in [0.05, 0.1) is 18.2 Å². The number of ether oxygens (including phenoxy) is 1. The van der Waals surface area contributed by atoms with Gasteiger partial charge in [-0.2, -0.15) is 0 Å². The second kappa shape index (κ2) is 11.9. The molecule has 1 aliphatic rings. The third kappa shape index (κ3) is 9.98. The number of carbonyl (C=O) groups excluding carboxylic acids is 1. The number of likely N-dealkylation sites (tertiary alicyclic amines) is 1. The van der Waals surface area contributed by atoms with Crippen molar-refractivity contribution in [3.8, 4) is 0 Å². The second-order valence-corrected chi connectivity index (χ2v) is 5.53. The Balaban J connectivity index is 0. The van der Waals surface area contributed by atoms with E-state index in [1.165, 1.54) is 0 Å². The molecule has 120 valence electrons. The summed E-state index contributed by atoms with van der Waals surface area (Å²) in [5.41, 5.74) is 0.0417. The van der Waals surface area contributed by atoms with Gasteiger partial charge in [0.15, 0.2) is 0 Å². The van der Waals surface area contributed by atoms with E-state index >= 15 is 0 Å². The normalized spacial score (nSPS) is 21.9. The molecule has 0 radical (unpaired) electrons. The lowest BCUT2D eigenvalue weighted by Crippen LogP contribution is -2.28. The Labute approximate surface area is 124 Å². The summed E-state index contributed by atoms with van der Waals surface area (Å²) in [4.78, 5) is 12.3. The Hall–Kier alpha value is -0.870. The average Bonchev–Trinajstić information content (AvgIpc) is 2.79. The van der Waals surface area contributed by atoms with Gasteiger partial charge in [0.2, 0.25) is 6.41 Å². The molecular weight excluding hydrogens is 254 g/mol. The topological polar surface area (TPSA) is 49.8 Å². The Bertz CT molecular complexity index is 259. The van der Waals surface area contributed by atoms with Crippen molar-refractivity contribution < 1.29 is 14.6 Å². The van der Waals surface area contributed by atoms with E-state index in [-0.39, 0.29) is 18.2 Å². The van der Waals surface area contributed by atoms with Crippen LogP contribution < -0.4 is 0 Å². The summed E-state index contributed by atoms with van der Waals surface area (Å²) in [7, 11) is 1.71. The minimum Gasteiger partial charge on any atom is -0.392 e. The molecule has 1 heterocycles. The first-order chi connectivity index (χ1) is 9.35. The van der Waals surface area contributed by atoms with Gasteiger partial charge in [-0.25, -0.2) is 0 Å². The molecule has 1 saturated heterocycles. The van der Waals surface area contributed by atoms with Crippen LogP contribution in [0.5, 0.6) is 0 Å². The van der Waals surface area contributed by atoms with Gasteiger partial charge in [-0.1, -0.05) is 32.9 Å². The fraction of sp³-hybridized carbons (Fsp3) is 0.812. The molecule has 0 aromatic heterocycles. The van der Waals surface area contributed by atoms with Crippen LogP contribution in [0, 0.1) is 5.92 Å². The number of methoxy groups -OCH3 is 1.